The fourth-order valence-corrected chi connectivity index (χ4v) is 5.85. The molecule has 40 heavy (non-hydrogen) atoms. The third-order valence-electron chi connectivity index (χ3n) is 7.25. The molecule has 1 fully saturated rings. The van der Waals surface area contributed by atoms with Gasteiger partial charge in [-0.15, -0.1) is 0 Å². The maximum atomic E-state index is 13.7. The number of urea groups is 1. The van der Waals surface area contributed by atoms with Crippen LogP contribution in [-0.4, -0.2) is 73.6 Å². The van der Waals surface area contributed by atoms with Crippen molar-refractivity contribution in [1.82, 2.24) is 15.1 Å². The van der Waals surface area contributed by atoms with Crippen molar-refractivity contribution < 1.29 is 37.3 Å². The minimum Gasteiger partial charge on any atom is -0.536 e. The average Bonchev–Trinajstić information content (AvgIpc) is 2.89. The molecule has 12 nitrogen and oxygen atoms in total. The van der Waals surface area contributed by atoms with Crippen LogP contribution in [-0.2, 0) is 30.8 Å². The smallest absolute Gasteiger partial charge is 0.526 e. The number of imide groups is 1. The van der Waals surface area contributed by atoms with Gasteiger partial charge in [-0.2, -0.15) is 0 Å². The Bertz CT molecular complexity index is 1480. The highest BCUT2D eigenvalue weighted by Crippen LogP contribution is 2.37. The van der Waals surface area contributed by atoms with Crippen LogP contribution in [0.4, 0.5) is 4.79 Å². The van der Waals surface area contributed by atoms with Crippen LogP contribution in [0.1, 0.15) is 41.6 Å². The highest BCUT2D eigenvalue weighted by molar-refractivity contribution is 7.89. The monoisotopic (exact) mass is 570 g/mol. The van der Waals surface area contributed by atoms with E-state index < -0.39 is 52.6 Å². The molecular weight excluding hydrogens is 539 g/mol. The van der Waals surface area contributed by atoms with Gasteiger partial charge in [-0.25, -0.2) is 18.4 Å². The molecule has 2 heterocycles. The Kier molecular flexibility index (Phi) is 8.33. The normalized spacial score (nSPS) is 18.2. The maximum absolute atomic E-state index is 13.7. The van der Waals surface area contributed by atoms with Gasteiger partial charge >= 0.3 is 25.0 Å². The maximum Gasteiger partial charge on any atom is 0.526 e. The van der Waals surface area contributed by atoms with Crippen LogP contribution in [0, 0.1) is 13.8 Å². The minimum atomic E-state index is -4.04. The Morgan fingerprint density at radius 3 is 2.52 bits per heavy atom. The van der Waals surface area contributed by atoms with Crippen molar-refractivity contribution in [3.05, 3.63) is 58.7 Å². The van der Waals surface area contributed by atoms with Gasteiger partial charge in [0.15, 0.2) is 5.78 Å². The summed E-state index contributed by atoms with van der Waals surface area (Å²) >= 11 is 0. The second-order valence-corrected chi connectivity index (χ2v) is 11.5. The number of fused-ring (bicyclic) bond motifs is 1. The predicted molar refractivity (Wildman–Crippen MR) is 145 cm³/mol. The summed E-state index contributed by atoms with van der Waals surface area (Å²) in [5.41, 5.74) is 2.17. The summed E-state index contributed by atoms with van der Waals surface area (Å²) < 4.78 is 29.5. The van der Waals surface area contributed by atoms with Gasteiger partial charge in [-0.05, 0) is 55.5 Å². The number of Topliss-reactive ketones (excluding diaryl/α,β-unsaturated/α-hetero) is 1. The van der Waals surface area contributed by atoms with Crippen LogP contribution >= 0.6 is 0 Å². The van der Waals surface area contributed by atoms with Crippen molar-refractivity contribution in [2.45, 2.75) is 50.4 Å². The van der Waals surface area contributed by atoms with Gasteiger partial charge in [0, 0.05) is 31.9 Å². The van der Waals surface area contributed by atoms with Gasteiger partial charge < -0.3 is 19.9 Å². The van der Waals surface area contributed by atoms with Crippen molar-refractivity contribution in [2.75, 3.05) is 19.6 Å². The van der Waals surface area contributed by atoms with Crippen molar-refractivity contribution in [3.8, 4) is 5.75 Å². The number of ketones is 1. The number of hydrogen-bond donors (Lipinski definition) is 3. The zero-order valence-electron chi connectivity index (χ0n) is 22.4. The SMILES string of the molecule is CCN1CCN(C(=O)N[C@H](C(=O)C[C@H]2Cc3cccc(C)c3OB2O)c2ccc(S(N)(=O)=O)c(C)c2)C(=O)C1=O. The number of nitrogens with two attached hydrogens (primary N) is 1. The third kappa shape index (κ3) is 5.88. The summed E-state index contributed by atoms with van der Waals surface area (Å²) in [6.45, 7) is 5.47. The molecule has 0 aliphatic carbocycles. The molecule has 0 spiro atoms. The topological polar surface area (TPSA) is 176 Å². The highest BCUT2D eigenvalue weighted by atomic mass is 32.2. The molecule has 2 atom stereocenters. The van der Waals surface area contributed by atoms with E-state index in [9.17, 15) is 32.6 Å². The van der Waals surface area contributed by atoms with Crippen LogP contribution < -0.4 is 15.1 Å². The van der Waals surface area contributed by atoms with Gasteiger partial charge in [0.1, 0.15) is 11.8 Å². The molecule has 0 bridgehead atoms. The molecule has 0 unspecified atom stereocenters. The number of para-hydroxylation sites is 1. The summed E-state index contributed by atoms with van der Waals surface area (Å²) in [4.78, 5) is 53.7. The zero-order chi connectivity index (χ0) is 29.4. The quantitative estimate of drug-likeness (QED) is 0.324. The Labute approximate surface area is 232 Å². The van der Waals surface area contributed by atoms with E-state index in [1.54, 1.807) is 6.92 Å². The van der Waals surface area contributed by atoms with Crippen LogP contribution in [0.5, 0.6) is 5.75 Å². The summed E-state index contributed by atoms with van der Waals surface area (Å²) in [5.74, 6) is -2.42. The molecule has 212 valence electrons. The summed E-state index contributed by atoms with van der Waals surface area (Å²) in [5, 5.41) is 18.5. The van der Waals surface area contributed by atoms with Crippen molar-refractivity contribution in [1.29, 1.82) is 0 Å². The minimum absolute atomic E-state index is 0.0557. The zero-order valence-corrected chi connectivity index (χ0v) is 23.2. The molecule has 0 aromatic heterocycles. The van der Waals surface area contributed by atoms with Crippen LogP contribution in [0.3, 0.4) is 0 Å². The first-order valence-corrected chi connectivity index (χ1v) is 14.4. The number of sulfonamides is 1. The number of aryl methyl sites for hydroxylation is 2. The van der Waals surface area contributed by atoms with Gasteiger partial charge in [0.25, 0.3) is 0 Å². The number of nitrogens with zero attached hydrogens (tertiary/aromatic N) is 2. The molecule has 2 aromatic rings. The number of primary sulfonamides is 1. The molecule has 2 aliphatic rings. The molecule has 4 amide bonds. The van der Waals surface area contributed by atoms with Gasteiger partial charge in [-0.3, -0.25) is 19.3 Å². The van der Waals surface area contributed by atoms with E-state index in [0.29, 0.717) is 18.7 Å². The number of rotatable bonds is 7. The molecule has 2 aliphatic heterocycles. The van der Waals surface area contributed by atoms with E-state index in [4.69, 9.17) is 9.79 Å². The molecule has 1 saturated heterocycles. The van der Waals surface area contributed by atoms with Gasteiger partial charge in [0.2, 0.25) is 10.0 Å². The molecule has 0 radical (unpaired) electrons. The van der Waals surface area contributed by atoms with Gasteiger partial charge in [0.05, 0.1) is 4.90 Å². The van der Waals surface area contributed by atoms with E-state index in [1.165, 1.54) is 30.0 Å². The number of amides is 4. The molecule has 4 rings (SSSR count). The fourth-order valence-electron chi connectivity index (χ4n) is 5.08. The Morgan fingerprint density at radius 2 is 1.88 bits per heavy atom. The standard InChI is InChI=1S/C26H31BN4O8S/c1-4-30-10-11-31(25(34)24(30)33)26(35)29-22(17-8-9-21(16(3)12-17)40(28,37)38)20(32)14-19-13-18-7-5-6-15(2)23(18)39-27(19)36/h5-9,12,19,22,36H,4,10-11,13-14H2,1-3H3,(H,29,35)(H2,28,37,38)/t19-,22+/m1/s1. The lowest BCUT2D eigenvalue weighted by Crippen LogP contribution is -2.58. The van der Waals surface area contributed by atoms with E-state index in [2.05, 4.69) is 5.32 Å². The lowest BCUT2D eigenvalue weighted by molar-refractivity contribution is -0.153. The summed E-state index contributed by atoms with van der Waals surface area (Å²) in [6, 6.07) is 7.28. The van der Waals surface area contributed by atoms with Crippen LogP contribution in [0.25, 0.3) is 0 Å². The summed E-state index contributed by atoms with van der Waals surface area (Å²) in [6.07, 6.45) is 0.145. The predicted octanol–water partition coefficient (Wildman–Crippen LogP) is 0.837. The number of piperazine rings is 1. The molecule has 4 N–H and O–H groups in total. The van der Waals surface area contributed by atoms with E-state index >= 15 is 0 Å². The van der Waals surface area contributed by atoms with E-state index in [-0.39, 0.29) is 35.5 Å². The Morgan fingerprint density at radius 1 is 1.15 bits per heavy atom. The van der Waals surface area contributed by atoms with E-state index in [0.717, 1.165) is 16.0 Å². The number of likely N-dealkylation sites (N-methyl/N-ethyl adjacent to an activating group) is 1. The molecule has 2 aromatic carbocycles. The summed E-state index contributed by atoms with van der Waals surface area (Å²) in [7, 11) is -5.31. The lowest BCUT2D eigenvalue weighted by atomic mass is 9.64. The lowest BCUT2D eigenvalue weighted by Gasteiger charge is -2.33. The van der Waals surface area contributed by atoms with E-state index in [1.807, 2.05) is 25.1 Å². The van der Waals surface area contributed by atoms with Crippen LogP contribution in [0.2, 0.25) is 5.82 Å². The largest absolute Gasteiger partial charge is 0.536 e. The Balaban J connectivity index is 1.62. The first kappa shape index (κ1) is 29.2. The second kappa shape index (κ2) is 11.4. The molecule has 14 heteroatoms. The fraction of sp³-hybridized carbons (Fsp3) is 0.385. The number of carbonyl (C=O) groups is 4. The number of nitrogens with one attached hydrogen (secondary N) is 1. The van der Waals surface area contributed by atoms with Crippen LogP contribution in [0.15, 0.2) is 41.3 Å². The average molecular weight is 570 g/mol. The van der Waals surface area contributed by atoms with Crippen molar-refractivity contribution in [3.63, 3.8) is 0 Å². The number of hydrogen-bond acceptors (Lipinski definition) is 8. The number of carbonyl (C=O) groups excluding carboxylic acids is 4. The number of benzene rings is 2. The van der Waals surface area contributed by atoms with Crippen molar-refractivity contribution >= 4 is 40.8 Å². The molecular formula is C26H31BN4O8S. The highest BCUT2D eigenvalue weighted by Gasteiger charge is 2.40. The van der Waals surface area contributed by atoms with Crippen molar-refractivity contribution in [2.24, 2.45) is 5.14 Å². The first-order valence-electron chi connectivity index (χ1n) is 12.8. The Hall–Kier alpha value is -3.75. The first-order chi connectivity index (χ1) is 18.8. The third-order valence-corrected chi connectivity index (χ3v) is 8.32. The second-order valence-electron chi connectivity index (χ2n) is 10.0. The van der Waals surface area contributed by atoms with Gasteiger partial charge in [-0.1, -0.05) is 30.3 Å². The molecule has 0 saturated carbocycles.